The van der Waals surface area contributed by atoms with Gasteiger partial charge in [-0.05, 0) is 55.2 Å². The molecule has 3 rings (SSSR count). The standard InChI is InChI=1S/C20H23ClFN3O/c1-25(20(26)15-4-2-5-16(21)12-15)11-3-6-18-13-19(24-23-18)14-7-9-17(22)10-8-14/h2,4-5,7-10,12,18-19,23-24H,3,6,11,13H2,1H3. The lowest BCUT2D eigenvalue weighted by Gasteiger charge is -2.18. The first kappa shape index (κ1) is 18.8. The Labute approximate surface area is 158 Å². The number of hydrazine groups is 1. The molecule has 138 valence electrons. The van der Waals surface area contributed by atoms with Crippen molar-refractivity contribution >= 4 is 17.5 Å². The molecule has 0 saturated carbocycles. The fraction of sp³-hybridized carbons (Fsp3) is 0.350. The monoisotopic (exact) mass is 375 g/mol. The molecule has 2 unspecified atom stereocenters. The SMILES string of the molecule is CN(CCCC1CC(c2ccc(F)cc2)NN1)C(=O)c1cccc(Cl)c1. The van der Waals surface area contributed by atoms with Crippen LogP contribution in [-0.4, -0.2) is 30.4 Å². The summed E-state index contributed by atoms with van der Waals surface area (Å²) in [6.45, 7) is 0.685. The van der Waals surface area contributed by atoms with Crippen molar-refractivity contribution in [3.05, 3.63) is 70.5 Å². The van der Waals surface area contributed by atoms with Gasteiger partial charge < -0.3 is 4.90 Å². The van der Waals surface area contributed by atoms with Gasteiger partial charge in [0.2, 0.25) is 0 Å². The molecule has 0 spiro atoms. The summed E-state index contributed by atoms with van der Waals surface area (Å²) in [5.74, 6) is -0.238. The molecule has 6 heteroatoms. The number of carbonyl (C=O) groups excluding carboxylic acids is 1. The number of nitrogens with one attached hydrogen (secondary N) is 2. The van der Waals surface area contributed by atoms with Crippen molar-refractivity contribution in [2.24, 2.45) is 0 Å². The molecule has 1 aliphatic heterocycles. The Balaban J connectivity index is 1.43. The average Bonchev–Trinajstić information content (AvgIpc) is 3.10. The quantitative estimate of drug-likeness (QED) is 0.803. The van der Waals surface area contributed by atoms with Gasteiger partial charge in [0.15, 0.2) is 0 Å². The first-order valence-corrected chi connectivity index (χ1v) is 9.18. The maximum atomic E-state index is 13.0. The summed E-state index contributed by atoms with van der Waals surface area (Å²) in [6, 6.07) is 14.1. The van der Waals surface area contributed by atoms with Crippen LogP contribution in [0.5, 0.6) is 0 Å². The smallest absolute Gasteiger partial charge is 0.253 e. The second-order valence-corrected chi connectivity index (χ2v) is 7.14. The average molecular weight is 376 g/mol. The van der Waals surface area contributed by atoms with Crippen molar-refractivity contribution in [3.8, 4) is 0 Å². The second-order valence-electron chi connectivity index (χ2n) is 6.70. The van der Waals surface area contributed by atoms with Gasteiger partial charge in [0, 0.05) is 36.3 Å². The van der Waals surface area contributed by atoms with Crippen LogP contribution in [0.4, 0.5) is 4.39 Å². The zero-order valence-corrected chi connectivity index (χ0v) is 15.5. The maximum Gasteiger partial charge on any atom is 0.253 e. The molecular weight excluding hydrogens is 353 g/mol. The zero-order chi connectivity index (χ0) is 18.5. The summed E-state index contributed by atoms with van der Waals surface area (Å²) in [5, 5.41) is 0.567. The molecule has 1 aliphatic rings. The van der Waals surface area contributed by atoms with Crippen LogP contribution in [0.2, 0.25) is 5.02 Å². The van der Waals surface area contributed by atoms with Crippen molar-refractivity contribution in [3.63, 3.8) is 0 Å². The van der Waals surface area contributed by atoms with Gasteiger partial charge in [0.25, 0.3) is 5.91 Å². The van der Waals surface area contributed by atoms with Crippen molar-refractivity contribution in [2.45, 2.75) is 31.3 Å². The van der Waals surface area contributed by atoms with E-state index in [1.807, 2.05) is 19.2 Å². The molecule has 1 fully saturated rings. The highest BCUT2D eigenvalue weighted by atomic mass is 35.5. The Morgan fingerprint density at radius 2 is 2.00 bits per heavy atom. The number of hydrogen-bond acceptors (Lipinski definition) is 3. The number of rotatable bonds is 6. The van der Waals surface area contributed by atoms with E-state index in [4.69, 9.17) is 11.6 Å². The van der Waals surface area contributed by atoms with Crippen LogP contribution in [0.25, 0.3) is 0 Å². The number of benzene rings is 2. The molecule has 1 saturated heterocycles. The Bertz CT molecular complexity index is 753. The predicted octanol–water partition coefficient (Wildman–Crippen LogP) is 3.94. The number of hydrogen-bond donors (Lipinski definition) is 2. The van der Waals surface area contributed by atoms with E-state index in [-0.39, 0.29) is 17.8 Å². The Morgan fingerprint density at radius 3 is 2.73 bits per heavy atom. The highest BCUT2D eigenvalue weighted by molar-refractivity contribution is 6.30. The summed E-state index contributed by atoms with van der Waals surface area (Å²) >= 11 is 5.95. The van der Waals surface area contributed by atoms with Crippen molar-refractivity contribution < 1.29 is 9.18 Å². The minimum Gasteiger partial charge on any atom is -0.342 e. The number of amides is 1. The van der Waals surface area contributed by atoms with Crippen LogP contribution in [0, 0.1) is 5.82 Å². The third kappa shape index (κ3) is 4.81. The van der Waals surface area contributed by atoms with Gasteiger partial charge in [-0.1, -0.05) is 29.8 Å². The van der Waals surface area contributed by atoms with Gasteiger partial charge >= 0.3 is 0 Å². The van der Waals surface area contributed by atoms with E-state index in [1.165, 1.54) is 12.1 Å². The molecule has 2 aromatic carbocycles. The third-order valence-corrected chi connectivity index (χ3v) is 4.95. The van der Waals surface area contributed by atoms with E-state index in [2.05, 4.69) is 10.9 Å². The Morgan fingerprint density at radius 1 is 1.23 bits per heavy atom. The summed E-state index contributed by atoms with van der Waals surface area (Å²) in [7, 11) is 1.81. The molecule has 1 heterocycles. The molecular formula is C20H23ClFN3O. The zero-order valence-electron chi connectivity index (χ0n) is 14.7. The van der Waals surface area contributed by atoms with Crippen molar-refractivity contribution in [2.75, 3.05) is 13.6 Å². The molecule has 0 aromatic heterocycles. The minimum absolute atomic E-state index is 0.0193. The fourth-order valence-corrected chi connectivity index (χ4v) is 3.43. The van der Waals surface area contributed by atoms with Crippen LogP contribution >= 0.6 is 11.6 Å². The van der Waals surface area contributed by atoms with Crippen LogP contribution in [-0.2, 0) is 0 Å². The Hall–Kier alpha value is -1.95. The molecule has 2 aromatic rings. The largest absolute Gasteiger partial charge is 0.342 e. The van der Waals surface area contributed by atoms with Gasteiger partial charge in [0.05, 0.1) is 0 Å². The molecule has 1 amide bonds. The lowest BCUT2D eigenvalue weighted by molar-refractivity contribution is 0.0791. The summed E-state index contributed by atoms with van der Waals surface area (Å²) in [5.41, 5.74) is 8.25. The van der Waals surface area contributed by atoms with E-state index in [1.54, 1.807) is 29.2 Å². The van der Waals surface area contributed by atoms with Gasteiger partial charge in [-0.3, -0.25) is 15.6 Å². The number of nitrogens with zero attached hydrogens (tertiary/aromatic N) is 1. The number of carbonyl (C=O) groups is 1. The molecule has 0 radical (unpaired) electrons. The molecule has 2 atom stereocenters. The van der Waals surface area contributed by atoms with E-state index in [9.17, 15) is 9.18 Å². The molecule has 26 heavy (non-hydrogen) atoms. The van der Waals surface area contributed by atoms with Crippen molar-refractivity contribution in [1.82, 2.24) is 15.8 Å². The summed E-state index contributed by atoms with van der Waals surface area (Å²) in [6.07, 6.45) is 2.80. The molecule has 0 bridgehead atoms. The topological polar surface area (TPSA) is 44.4 Å². The fourth-order valence-electron chi connectivity index (χ4n) is 3.24. The van der Waals surface area contributed by atoms with E-state index in [0.29, 0.717) is 23.2 Å². The lowest BCUT2D eigenvalue weighted by atomic mass is 9.99. The van der Waals surface area contributed by atoms with Crippen LogP contribution in [0.15, 0.2) is 48.5 Å². The van der Waals surface area contributed by atoms with Gasteiger partial charge in [-0.2, -0.15) is 0 Å². The van der Waals surface area contributed by atoms with Crippen LogP contribution in [0.1, 0.15) is 41.2 Å². The third-order valence-electron chi connectivity index (χ3n) is 4.72. The molecule has 4 nitrogen and oxygen atoms in total. The highest BCUT2D eigenvalue weighted by Gasteiger charge is 2.24. The normalized spacial score (nSPS) is 19.5. The predicted molar refractivity (Wildman–Crippen MR) is 101 cm³/mol. The summed E-state index contributed by atoms with van der Waals surface area (Å²) < 4.78 is 13.0. The lowest BCUT2D eigenvalue weighted by Crippen LogP contribution is -2.32. The Kier molecular flexibility index (Phi) is 6.25. The highest BCUT2D eigenvalue weighted by Crippen LogP contribution is 2.24. The van der Waals surface area contributed by atoms with Crippen LogP contribution < -0.4 is 10.9 Å². The maximum absolute atomic E-state index is 13.0. The molecule has 0 aliphatic carbocycles. The first-order valence-electron chi connectivity index (χ1n) is 8.80. The van der Waals surface area contributed by atoms with Gasteiger partial charge in [-0.25, -0.2) is 4.39 Å². The van der Waals surface area contributed by atoms with Crippen LogP contribution in [0.3, 0.4) is 0 Å². The second kappa shape index (κ2) is 8.62. The summed E-state index contributed by atoms with van der Waals surface area (Å²) in [4.78, 5) is 14.1. The van der Waals surface area contributed by atoms with Gasteiger partial charge in [-0.15, -0.1) is 0 Å². The number of halogens is 2. The van der Waals surface area contributed by atoms with E-state index in [0.717, 1.165) is 24.8 Å². The van der Waals surface area contributed by atoms with E-state index < -0.39 is 0 Å². The van der Waals surface area contributed by atoms with E-state index >= 15 is 0 Å². The minimum atomic E-state index is -0.219. The van der Waals surface area contributed by atoms with Gasteiger partial charge in [0.1, 0.15) is 5.82 Å². The molecule has 2 N–H and O–H groups in total. The van der Waals surface area contributed by atoms with Crippen molar-refractivity contribution in [1.29, 1.82) is 0 Å². The first-order chi connectivity index (χ1) is 12.5.